The van der Waals surface area contributed by atoms with E-state index in [-0.39, 0.29) is 43.1 Å². The molecule has 3 N–H and O–H groups in total. The molecule has 1 aromatic carbocycles. The Bertz CT molecular complexity index is 1140. The molecule has 36 heavy (non-hydrogen) atoms. The van der Waals surface area contributed by atoms with Crippen LogP contribution >= 0.6 is 37.2 Å². The zero-order chi connectivity index (χ0) is 23.4. The molecule has 1 aliphatic rings. The quantitative estimate of drug-likeness (QED) is 0.408. The van der Waals surface area contributed by atoms with Crippen molar-refractivity contribution in [2.24, 2.45) is 0 Å². The number of carbonyl (C=O) groups excluding carboxylic acids is 1. The molecule has 1 fully saturated rings. The van der Waals surface area contributed by atoms with Gasteiger partial charge in [0.15, 0.2) is 17.1 Å². The van der Waals surface area contributed by atoms with Gasteiger partial charge in [0.2, 0.25) is 0 Å². The maximum Gasteiger partial charge on any atom is 0.252 e. The van der Waals surface area contributed by atoms with Crippen LogP contribution in [0.2, 0.25) is 0 Å². The van der Waals surface area contributed by atoms with Crippen LogP contribution in [0.4, 0.5) is 5.69 Å². The lowest BCUT2D eigenvalue weighted by Crippen LogP contribution is -2.45. The van der Waals surface area contributed by atoms with Crippen molar-refractivity contribution in [2.75, 3.05) is 66.3 Å². The summed E-state index contributed by atoms with van der Waals surface area (Å²) in [5.41, 5.74) is 9.39. The van der Waals surface area contributed by atoms with Crippen molar-refractivity contribution < 1.29 is 14.3 Å². The zero-order valence-electron chi connectivity index (χ0n) is 20.7. The summed E-state index contributed by atoms with van der Waals surface area (Å²) in [4.78, 5) is 22.1. The second kappa shape index (κ2) is 14.3. The molecule has 0 radical (unpaired) electrons. The molecule has 0 unspecified atom stereocenters. The molecule has 0 bridgehead atoms. The van der Waals surface area contributed by atoms with Gasteiger partial charge in [-0.15, -0.1) is 37.2 Å². The Morgan fingerprint density at radius 1 is 1.03 bits per heavy atom. The number of benzene rings is 1. The lowest BCUT2D eigenvalue weighted by molar-refractivity contribution is 0.0949. The molecule has 12 heteroatoms. The first kappa shape index (κ1) is 31.6. The normalized spacial score (nSPS) is 13.8. The van der Waals surface area contributed by atoms with Gasteiger partial charge in [-0.1, -0.05) is 0 Å². The summed E-state index contributed by atoms with van der Waals surface area (Å²) in [6.07, 6.45) is 4.54. The smallest absolute Gasteiger partial charge is 0.252 e. The van der Waals surface area contributed by atoms with Crippen LogP contribution in [-0.2, 0) is 0 Å². The first-order valence-electron chi connectivity index (χ1n) is 11.2. The average Bonchev–Trinajstić information content (AvgIpc) is 3.27. The molecule has 9 nitrogen and oxygen atoms in total. The van der Waals surface area contributed by atoms with E-state index in [4.69, 9.17) is 15.2 Å². The van der Waals surface area contributed by atoms with Gasteiger partial charge in [0.05, 0.1) is 31.2 Å². The SMILES string of the molecule is COc1ccc(-c2cn3cc(C(=O)NCCCN4CCN(C)CC4)cc(N)c3n2)cc1OC.Cl.Cl.Cl. The first-order chi connectivity index (χ1) is 16.0. The van der Waals surface area contributed by atoms with Gasteiger partial charge >= 0.3 is 0 Å². The summed E-state index contributed by atoms with van der Waals surface area (Å²) >= 11 is 0. The lowest BCUT2D eigenvalue weighted by Gasteiger charge is -2.32. The Kier molecular flexibility index (Phi) is 12.6. The minimum atomic E-state index is -0.136. The van der Waals surface area contributed by atoms with Crippen LogP contribution in [0.3, 0.4) is 0 Å². The molecule has 2 aromatic heterocycles. The van der Waals surface area contributed by atoms with Gasteiger partial charge in [-0.25, -0.2) is 4.98 Å². The molecule has 0 atom stereocenters. The van der Waals surface area contributed by atoms with Crippen molar-refractivity contribution >= 4 is 54.5 Å². The summed E-state index contributed by atoms with van der Waals surface area (Å²) < 4.78 is 12.5. The summed E-state index contributed by atoms with van der Waals surface area (Å²) in [6.45, 7) is 5.99. The Labute approximate surface area is 230 Å². The minimum Gasteiger partial charge on any atom is -0.493 e. The number of methoxy groups -OCH3 is 2. The molecular formula is C24H35Cl3N6O3. The van der Waals surface area contributed by atoms with Gasteiger partial charge in [0, 0.05) is 50.7 Å². The summed E-state index contributed by atoms with van der Waals surface area (Å²) in [5, 5.41) is 3.01. The van der Waals surface area contributed by atoms with E-state index in [1.54, 1.807) is 30.9 Å². The van der Waals surface area contributed by atoms with Crippen LogP contribution in [0.25, 0.3) is 16.9 Å². The number of imidazole rings is 1. The number of rotatable bonds is 8. The maximum absolute atomic E-state index is 12.7. The number of nitrogens with zero attached hydrogens (tertiary/aromatic N) is 4. The second-order valence-electron chi connectivity index (χ2n) is 8.37. The van der Waals surface area contributed by atoms with Gasteiger partial charge in [0.1, 0.15) is 0 Å². The number of amides is 1. The number of pyridine rings is 1. The van der Waals surface area contributed by atoms with E-state index >= 15 is 0 Å². The highest BCUT2D eigenvalue weighted by atomic mass is 35.5. The van der Waals surface area contributed by atoms with Crippen molar-refractivity contribution in [3.63, 3.8) is 0 Å². The van der Waals surface area contributed by atoms with Gasteiger partial charge in [-0.2, -0.15) is 0 Å². The van der Waals surface area contributed by atoms with E-state index < -0.39 is 0 Å². The molecular weight excluding hydrogens is 527 g/mol. The number of nitrogens with one attached hydrogen (secondary N) is 1. The third-order valence-electron chi connectivity index (χ3n) is 6.05. The summed E-state index contributed by atoms with van der Waals surface area (Å²) in [6, 6.07) is 7.29. The number of anilines is 1. The molecule has 1 aliphatic heterocycles. The molecule has 4 rings (SSSR count). The molecule has 3 aromatic rings. The zero-order valence-corrected chi connectivity index (χ0v) is 23.2. The largest absolute Gasteiger partial charge is 0.493 e. The predicted octanol–water partition coefficient (Wildman–Crippen LogP) is 3.23. The number of halogens is 3. The molecule has 1 saturated heterocycles. The highest BCUT2D eigenvalue weighted by molar-refractivity contribution is 5.95. The minimum absolute atomic E-state index is 0. The first-order valence-corrected chi connectivity index (χ1v) is 11.2. The van der Waals surface area contributed by atoms with Crippen molar-refractivity contribution in [3.05, 3.63) is 42.2 Å². The Morgan fingerprint density at radius 2 is 1.72 bits per heavy atom. The van der Waals surface area contributed by atoms with E-state index in [1.165, 1.54) is 0 Å². The van der Waals surface area contributed by atoms with E-state index in [9.17, 15) is 4.79 Å². The molecule has 0 aliphatic carbocycles. The molecule has 200 valence electrons. The number of likely N-dealkylation sites (N-methyl/N-ethyl adjacent to an activating group) is 1. The number of nitrogen functional groups attached to an aromatic ring is 1. The third kappa shape index (κ3) is 7.30. The number of hydrogen-bond donors (Lipinski definition) is 2. The van der Waals surface area contributed by atoms with Crippen molar-refractivity contribution in [3.8, 4) is 22.8 Å². The van der Waals surface area contributed by atoms with Crippen LogP contribution in [0, 0.1) is 0 Å². The highest BCUT2D eigenvalue weighted by Crippen LogP contribution is 2.32. The summed E-state index contributed by atoms with van der Waals surface area (Å²) in [5.74, 6) is 1.14. The Balaban J connectivity index is 0.00000216. The number of piperazine rings is 1. The fourth-order valence-corrected chi connectivity index (χ4v) is 4.06. The van der Waals surface area contributed by atoms with E-state index in [0.717, 1.165) is 50.4 Å². The Morgan fingerprint density at radius 3 is 2.39 bits per heavy atom. The topological polar surface area (TPSA) is 97.4 Å². The molecule has 0 spiro atoms. The Hall–Kier alpha value is -2.43. The number of fused-ring (bicyclic) bond motifs is 1. The number of nitrogens with two attached hydrogens (primary N) is 1. The molecule has 3 heterocycles. The van der Waals surface area contributed by atoms with Crippen molar-refractivity contribution in [1.29, 1.82) is 0 Å². The van der Waals surface area contributed by atoms with Gasteiger partial charge in [-0.05, 0) is 44.3 Å². The standard InChI is InChI=1S/C24H32N6O3.3ClH/c1-28-9-11-29(12-10-28)8-4-7-26-24(31)18-13-19(25)23-27-20(16-30(23)15-18)17-5-6-21(32-2)22(14-17)33-3;;;/h5-6,13-16H,4,7-12,25H2,1-3H3,(H,26,31);3*1H. The molecule has 0 saturated carbocycles. The van der Waals surface area contributed by atoms with Crippen molar-refractivity contribution in [1.82, 2.24) is 24.5 Å². The van der Waals surface area contributed by atoms with E-state index in [2.05, 4.69) is 27.1 Å². The fourth-order valence-electron chi connectivity index (χ4n) is 4.06. The van der Waals surface area contributed by atoms with Gasteiger partial charge < -0.3 is 34.7 Å². The van der Waals surface area contributed by atoms with Crippen LogP contribution in [0.15, 0.2) is 36.7 Å². The van der Waals surface area contributed by atoms with E-state index in [1.807, 2.05) is 24.4 Å². The van der Waals surface area contributed by atoms with Crippen LogP contribution in [-0.4, -0.2) is 85.6 Å². The molecule has 1 amide bonds. The number of carbonyl (C=O) groups is 1. The monoisotopic (exact) mass is 560 g/mol. The fraction of sp³-hybridized carbons (Fsp3) is 0.417. The number of ether oxygens (including phenoxy) is 2. The number of aromatic nitrogens is 2. The van der Waals surface area contributed by atoms with Gasteiger partial charge in [-0.3, -0.25) is 4.79 Å². The van der Waals surface area contributed by atoms with Gasteiger partial charge in [0.25, 0.3) is 5.91 Å². The third-order valence-corrected chi connectivity index (χ3v) is 6.05. The second-order valence-corrected chi connectivity index (χ2v) is 8.37. The van der Waals surface area contributed by atoms with Crippen LogP contribution < -0.4 is 20.5 Å². The highest BCUT2D eigenvalue weighted by Gasteiger charge is 2.15. The van der Waals surface area contributed by atoms with Crippen LogP contribution in [0.1, 0.15) is 16.8 Å². The average molecular weight is 562 g/mol. The maximum atomic E-state index is 12.7. The lowest BCUT2D eigenvalue weighted by atomic mass is 10.1. The predicted molar refractivity (Wildman–Crippen MR) is 151 cm³/mol. The van der Waals surface area contributed by atoms with Crippen molar-refractivity contribution in [2.45, 2.75) is 6.42 Å². The van der Waals surface area contributed by atoms with Crippen LogP contribution in [0.5, 0.6) is 11.5 Å². The number of hydrogen-bond acceptors (Lipinski definition) is 7. The van der Waals surface area contributed by atoms with E-state index in [0.29, 0.717) is 34.9 Å². The summed E-state index contributed by atoms with van der Waals surface area (Å²) in [7, 11) is 5.35.